The van der Waals surface area contributed by atoms with Crippen LogP contribution in [-0.2, 0) is 0 Å². The Morgan fingerprint density at radius 2 is 2.25 bits per heavy atom. The van der Waals surface area contributed by atoms with Crippen molar-refractivity contribution in [1.82, 2.24) is 0 Å². The third-order valence-electron chi connectivity index (χ3n) is 1.40. The van der Waals surface area contributed by atoms with Crippen molar-refractivity contribution < 1.29 is 0 Å². The first-order valence-electron chi connectivity index (χ1n) is 3.55. The number of rotatable bonds is 2. The maximum absolute atomic E-state index is 5.94. The van der Waals surface area contributed by atoms with Crippen molar-refractivity contribution in [2.75, 3.05) is 6.54 Å². The Labute approximate surface area is 85.3 Å². The summed E-state index contributed by atoms with van der Waals surface area (Å²) in [4.78, 5) is 0. The van der Waals surface area contributed by atoms with Gasteiger partial charge in [-0.1, -0.05) is 45.7 Å². The summed E-state index contributed by atoms with van der Waals surface area (Å²) in [6.07, 6.45) is 3.78. The smallest absolute Gasteiger partial charge is 0.0489 e. The molecule has 1 rings (SSSR count). The second kappa shape index (κ2) is 4.65. The van der Waals surface area contributed by atoms with Crippen LogP contribution in [0.3, 0.4) is 0 Å². The quantitative estimate of drug-likeness (QED) is 0.853. The maximum atomic E-state index is 5.94. The molecule has 0 aromatic heterocycles. The number of nitrogens with two attached hydrogens (primary N) is 1. The molecule has 12 heavy (non-hydrogen) atoms. The van der Waals surface area contributed by atoms with Crippen molar-refractivity contribution in [3.05, 3.63) is 39.3 Å². The Morgan fingerprint density at radius 1 is 1.50 bits per heavy atom. The molecule has 0 aliphatic rings. The average molecular weight is 247 g/mol. The predicted octanol–water partition coefficient (Wildman–Crippen LogP) is 3.07. The van der Waals surface area contributed by atoms with Crippen molar-refractivity contribution in [2.24, 2.45) is 5.73 Å². The fraction of sp³-hybridized carbons (Fsp3) is 0.111. The topological polar surface area (TPSA) is 26.0 Å². The van der Waals surface area contributed by atoms with Gasteiger partial charge in [0.05, 0.1) is 0 Å². The monoisotopic (exact) mass is 245 g/mol. The van der Waals surface area contributed by atoms with E-state index in [1.54, 1.807) is 0 Å². The number of hydrogen-bond acceptors (Lipinski definition) is 1. The first-order chi connectivity index (χ1) is 5.74. The Morgan fingerprint density at radius 3 is 2.83 bits per heavy atom. The zero-order valence-corrected chi connectivity index (χ0v) is 8.77. The van der Waals surface area contributed by atoms with E-state index in [0.717, 1.165) is 15.1 Å². The first kappa shape index (κ1) is 9.78. The van der Waals surface area contributed by atoms with Crippen molar-refractivity contribution in [3.63, 3.8) is 0 Å². The molecule has 0 bridgehead atoms. The normalized spacial score (nSPS) is 10.9. The molecule has 0 radical (unpaired) electrons. The molecule has 0 heterocycles. The summed E-state index contributed by atoms with van der Waals surface area (Å²) in [6, 6.07) is 5.75. The summed E-state index contributed by atoms with van der Waals surface area (Å²) in [5, 5.41) is 0.731. The van der Waals surface area contributed by atoms with Gasteiger partial charge in [0.2, 0.25) is 0 Å². The summed E-state index contributed by atoms with van der Waals surface area (Å²) in [7, 11) is 0. The minimum Gasteiger partial charge on any atom is -0.327 e. The largest absolute Gasteiger partial charge is 0.327 e. The minimum absolute atomic E-state index is 0.534. The summed E-state index contributed by atoms with van der Waals surface area (Å²) in [5.74, 6) is 0. The van der Waals surface area contributed by atoms with Crippen molar-refractivity contribution in [1.29, 1.82) is 0 Å². The highest BCUT2D eigenvalue weighted by Crippen LogP contribution is 2.22. The molecule has 0 aliphatic carbocycles. The third kappa shape index (κ3) is 2.63. The Bertz CT molecular complexity index is 297. The highest BCUT2D eigenvalue weighted by Gasteiger charge is 1.95. The summed E-state index contributed by atoms with van der Waals surface area (Å²) in [5.41, 5.74) is 6.31. The molecule has 0 spiro atoms. The lowest BCUT2D eigenvalue weighted by molar-refractivity contribution is 1.26. The van der Waals surface area contributed by atoms with Crippen LogP contribution in [0.15, 0.2) is 28.7 Å². The van der Waals surface area contributed by atoms with Gasteiger partial charge in [-0.15, -0.1) is 0 Å². The van der Waals surface area contributed by atoms with Gasteiger partial charge in [0.15, 0.2) is 0 Å². The lowest BCUT2D eigenvalue weighted by atomic mass is 10.2. The molecule has 0 aliphatic heterocycles. The summed E-state index contributed by atoms with van der Waals surface area (Å²) in [6.45, 7) is 0.534. The maximum Gasteiger partial charge on any atom is 0.0489 e. The molecule has 2 N–H and O–H groups in total. The lowest BCUT2D eigenvalue weighted by Crippen LogP contribution is -1.91. The summed E-state index contributed by atoms with van der Waals surface area (Å²) >= 11 is 9.27. The Kier molecular flexibility index (Phi) is 3.79. The van der Waals surface area contributed by atoms with Gasteiger partial charge >= 0.3 is 0 Å². The van der Waals surface area contributed by atoms with Crippen molar-refractivity contribution >= 4 is 33.6 Å². The molecule has 0 atom stereocenters. The van der Waals surface area contributed by atoms with E-state index in [9.17, 15) is 0 Å². The van der Waals surface area contributed by atoms with Crippen LogP contribution in [0.5, 0.6) is 0 Å². The van der Waals surface area contributed by atoms with Gasteiger partial charge < -0.3 is 5.73 Å². The molecule has 0 fully saturated rings. The van der Waals surface area contributed by atoms with Gasteiger partial charge in [-0.3, -0.25) is 0 Å². The van der Waals surface area contributed by atoms with E-state index in [4.69, 9.17) is 17.3 Å². The van der Waals surface area contributed by atoms with E-state index >= 15 is 0 Å². The molecular weight excluding hydrogens is 237 g/mol. The highest BCUT2D eigenvalue weighted by molar-refractivity contribution is 9.10. The molecule has 0 unspecified atom stereocenters. The zero-order valence-electron chi connectivity index (χ0n) is 6.43. The number of hydrogen-bond donors (Lipinski definition) is 1. The molecule has 0 saturated carbocycles. The second-order valence-corrected chi connectivity index (χ2v) is 3.63. The fourth-order valence-corrected chi connectivity index (χ4v) is 1.57. The molecular formula is C9H9BrClN. The van der Waals surface area contributed by atoms with E-state index in [-0.39, 0.29) is 0 Å². The number of halogens is 2. The van der Waals surface area contributed by atoms with Crippen molar-refractivity contribution in [2.45, 2.75) is 0 Å². The third-order valence-corrected chi connectivity index (χ3v) is 2.22. The lowest BCUT2D eigenvalue weighted by Gasteiger charge is -1.97. The van der Waals surface area contributed by atoms with Crippen LogP contribution in [0.25, 0.3) is 6.08 Å². The molecule has 64 valence electrons. The van der Waals surface area contributed by atoms with Gasteiger partial charge in [-0.25, -0.2) is 0 Å². The Balaban J connectivity index is 2.94. The molecule has 1 aromatic carbocycles. The van der Waals surface area contributed by atoms with Gasteiger partial charge in [-0.05, 0) is 17.7 Å². The van der Waals surface area contributed by atoms with Crippen LogP contribution in [0, 0.1) is 0 Å². The van der Waals surface area contributed by atoms with E-state index in [2.05, 4.69) is 15.9 Å². The van der Waals surface area contributed by atoms with Crippen LogP contribution in [-0.4, -0.2) is 6.54 Å². The van der Waals surface area contributed by atoms with E-state index < -0.39 is 0 Å². The highest BCUT2D eigenvalue weighted by atomic mass is 79.9. The molecule has 0 amide bonds. The van der Waals surface area contributed by atoms with E-state index in [1.165, 1.54) is 0 Å². The van der Waals surface area contributed by atoms with E-state index in [1.807, 2.05) is 30.4 Å². The van der Waals surface area contributed by atoms with E-state index in [0.29, 0.717) is 6.54 Å². The molecule has 0 saturated heterocycles. The molecule has 1 aromatic rings. The van der Waals surface area contributed by atoms with Crippen LogP contribution in [0.2, 0.25) is 5.02 Å². The molecule has 3 heteroatoms. The van der Waals surface area contributed by atoms with Gasteiger partial charge in [-0.2, -0.15) is 0 Å². The number of benzene rings is 1. The summed E-state index contributed by atoms with van der Waals surface area (Å²) < 4.78 is 0.984. The van der Waals surface area contributed by atoms with Gasteiger partial charge in [0.1, 0.15) is 0 Å². The van der Waals surface area contributed by atoms with Crippen LogP contribution in [0.1, 0.15) is 5.56 Å². The Hall–Kier alpha value is -0.310. The average Bonchev–Trinajstić information content (AvgIpc) is 2.03. The fourth-order valence-electron chi connectivity index (χ4n) is 0.832. The van der Waals surface area contributed by atoms with Crippen LogP contribution >= 0.6 is 27.5 Å². The zero-order chi connectivity index (χ0) is 8.97. The first-order valence-corrected chi connectivity index (χ1v) is 4.73. The standard InChI is InChI=1S/C9H9BrClN/c10-8-4-3-7(2-1-5-12)9(11)6-8/h1-4,6H,5,12H2/b2-1+. The second-order valence-electron chi connectivity index (χ2n) is 2.30. The minimum atomic E-state index is 0.534. The van der Waals surface area contributed by atoms with Gasteiger partial charge in [0, 0.05) is 16.0 Å². The van der Waals surface area contributed by atoms with Crippen LogP contribution < -0.4 is 5.73 Å². The molecule has 1 nitrogen and oxygen atoms in total. The van der Waals surface area contributed by atoms with Gasteiger partial charge in [0.25, 0.3) is 0 Å². The van der Waals surface area contributed by atoms with Crippen molar-refractivity contribution in [3.8, 4) is 0 Å². The SMILES string of the molecule is NC/C=C/c1ccc(Br)cc1Cl. The van der Waals surface area contributed by atoms with Crippen LogP contribution in [0.4, 0.5) is 0 Å². The predicted molar refractivity (Wildman–Crippen MR) is 57.2 cm³/mol.